The highest BCUT2D eigenvalue weighted by molar-refractivity contribution is 7.15. The van der Waals surface area contributed by atoms with Crippen molar-refractivity contribution < 1.29 is 14.1 Å². The number of fused-ring (bicyclic) bond motifs is 3. The molecule has 3 aromatic heterocycles. The minimum Gasteiger partial charge on any atom is -0.496 e. The van der Waals surface area contributed by atoms with E-state index in [0.29, 0.717) is 32.3 Å². The first-order valence-corrected chi connectivity index (χ1v) is 9.71. The van der Waals surface area contributed by atoms with Crippen LogP contribution in [0, 0.1) is 10.1 Å². The van der Waals surface area contributed by atoms with Gasteiger partial charge in [-0.25, -0.2) is 9.38 Å². The summed E-state index contributed by atoms with van der Waals surface area (Å²) in [7, 11) is 1.44. The van der Waals surface area contributed by atoms with E-state index < -0.39 is 4.92 Å². The number of hydrogen-bond acceptors (Lipinski definition) is 7. The number of rotatable bonds is 4. The number of imidazole rings is 1. The van der Waals surface area contributed by atoms with Gasteiger partial charge in [-0.15, -0.1) is 0 Å². The second-order valence-corrected chi connectivity index (χ2v) is 7.49. The van der Waals surface area contributed by atoms with E-state index in [2.05, 4.69) is 4.98 Å². The molecule has 0 aliphatic heterocycles. The number of furan rings is 1. The zero-order chi connectivity index (χ0) is 20.8. The largest absolute Gasteiger partial charge is 0.496 e. The lowest BCUT2D eigenvalue weighted by Crippen LogP contribution is -2.22. The van der Waals surface area contributed by atoms with Gasteiger partial charge in [0.25, 0.3) is 11.2 Å². The summed E-state index contributed by atoms with van der Waals surface area (Å²) >= 11 is 1.29. The molecule has 0 bridgehead atoms. The Labute approximate surface area is 172 Å². The lowest BCUT2D eigenvalue weighted by Gasteiger charge is -2.05. The maximum absolute atomic E-state index is 12.9. The number of nitro benzene ring substituents is 1. The predicted octanol–water partition coefficient (Wildman–Crippen LogP) is 3.63. The summed E-state index contributed by atoms with van der Waals surface area (Å²) in [5.41, 5.74) is 1.90. The monoisotopic (exact) mass is 419 g/mol. The highest BCUT2D eigenvalue weighted by atomic mass is 32.1. The molecule has 0 aliphatic rings. The molecule has 0 radical (unpaired) electrons. The normalized spacial score (nSPS) is 12.1. The van der Waals surface area contributed by atoms with Gasteiger partial charge < -0.3 is 9.15 Å². The number of para-hydroxylation sites is 2. The molecular formula is C21H13N3O5S. The van der Waals surface area contributed by atoms with Crippen LogP contribution in [0.15, 0.2) is 63.8 Å². The lowest BCUT2D eigenvalue weighted by molar-refractivity contribution is -0.384. The van der Waals surface area contributed by atoms with Gasteiger partial charge in [-0.1, -0.05) is 23.5 Å². The van der Waals surface area contributed by atoms with Crippen molar-refractivity contribution in [3.63, 3.8) is 0 Å². The van der Waals surface area contributed by atoms with Crippen molar-refractivity contribution in [1.82, 2.24) is 9.38 Å². The molecule has 5 aromatic rings. The van der Waals surface area contributed by atoms with Gasteiger partial charge in [-0.05, 0) is 30.3 Å². The van der Waals surface area contributed by atoms with Crippen LogP contribution in [0.25, 0.3) is 33.4 Å². The van der Waals surface area contributed by atoms with Crippen molar-refractivity contribution in [1.29, 1.82) is 0 Å². The Morgan fingerprint density at radius 1 is 1.20 bits per heavy atom. The SMILES string of the molecule is COc1cc([N+](=O)[O-])ccc1-c1ccc(C=c2sc3nc4ccccc4n3c2=O)o1. The highest BCUT2D eigenvalue weighted by Gasteiger charge is 2.16. The van der Waals surface area contributed by atoms with Crippen LogP contribution in [-0.4, -0.2) is 21.4 Å². The molecule has 0 amide bonds. The molecule has 9 heteroatoms. The van der Waals surface area contributed by atoms with Gasteiger partial charge in [-0.3, -0.25) is 14.9 Å². The van der Waals surface area contributed by atoms with E-state index in [-0.39, 0.29) is 11.2 Å². The number of benzene rings is 2. The van der Waals surface area contributed by atoms with E-state index in [1.165, 1.54) is 30.6 Å². The van der Waals surface area contributed by atoms with Crippen LogP contribution in [-0.2, 0) is 0 Å². The molecule has 0 fully saturated rings. The number of aromatic nitrogens is 2. The Kier molecular flexibility index (Phi) is 4.11. The molecule has 148 valence electrons. The summed E-state index contributed by atoms with van der Waals surface area (Å²) in [5.74, 6) is 1.29. The fraction of sp³-hybridized carbons (Fsp3) is 0.0476. The highest BCUT2D eigenvalue weighted by Crippen LogP contribution is 2.34. The van der Waals surface area contributed by atoms with E-state index in [9.17, 15) is 14.9 Å². The number of non-ortho nitro benzene ring substituents is 1. The number of methoxy groups -OCH3 is 1. The summed E-state index contributed by atoms with van der Waals surface area (Å²) < 4.78 is 13.2. The Bertz CT molecular complexity index is 1550. The van der Waals surface area contributed by atoms with Crippen molar-refractivity contribution in [3.8, 4) is 17.1 Å². The van der Waals surface area contributed by atoms with E-state index in [0.717, 1.165) is 11.0 Å². The second kappa shape index (κ2) is 6.82. The molecule has 30 heavy (non-hydrogen) atoms. The van der Waals surface area contributed by atoms with Crippen LogP contribution in [0.1, 0.15) is 5.76 Å². The zero-order valence-electron chi connectivity index (χ0n) is 15.6. The summed E-state index contributed by atoms with van der Waals surface area (Å²) in [6.45, 7) is 0. The molecular weight excluding hydrogens is 406 g/mol. The first kappa shape index (κ1) is 18.1. The summed E-state index contributed by atoms with van der Waals surface area (Å²) in [6, 6.07) is 15.2. The Morgan fingerprint density at radius 2 is 2.03 bits per heavy atom. The van der Waals surface area contributed by atoms with Crippen molar-refractivity contribution in [2.24, 2.45) is 0 Å². The second-order valence-electron chi connectivity index (χ2n) is 6.48. The van der Waals surface area contributed by atoms with Gasteiger partial charge in [0, 0.05) is 12.1 Å². The summed E-state index contributed by atoms with van der Waals surface area (Å²) in [4.78, 5) is 28.5. The quantitative estimate of drug-likeness (QED) is 0.326. The van der Waals surface area contributed by atoms with Crippen LogP contribution >= 0.6 is 11.3 Å². The van der Waals surface area contributed by atoms with E-state index >= 15 is 0 Å². The van der Waals surface area contributed by atoms with Gasteiger partial charge in [0.1, 0.15) is 21.8 Å². The molecule has 0 saturated carbocycles. The zero-order valence-corrected chi connectivity index (χ0v) is 16.4. The van der Waals surface area contributed by atoms with Crippen molar-refractivity contribution in [3.05, 3.63) is 85.4 Å². The maximum Gasteiger partial charge on any atom is 0.275 e. The summed E-state index contributed by atoms with van der Waals surface area (Å²) in [5, 5.41) is 11.0. The van der Waals surface area contributed by atoms with Crippen LogP contribution in [0.4, 0.5) is 5.69 Å². The minimum absolute atomic E-state index is 0.0703. The van der Waals surface area contributed by atoms with Crippen molar-refractivity contribution in [2.75, 3.05) is 7.11 Å². The first-order valence-electron chi connectivity index (χ1n) is 8.89. The molecule has 0 saturated heterocycles. The fourth-order valence-electron chi connectivity index (χ4n) is 3.31. The van der Waals surface area contributed by atoms with E-state index in [1.54, 1.807) is 28.7 Å². The molecule has 0 N–H and O–H groups in total. The van der Waals surface area contributed by atoms with Gasteiger partial charge in [0.2, 0.25) is 0 Å². The predicted molar refractivity (Wildman–Crippen MR) is 113 cm³/mol. The molecule has 0 atom stereocenters. The minimum atomic E-state index is -0.486. The number of thiazole rings is 1. The smallest absolute Gasteiger partial charge is 0.275 e. The third-order valence-electron chi connectivity index (χ3n) is 4.71. The van der Waals surface area contributed by atoms with Gasteiger partial charge in [-0.2, -0.15) is 0 Å². The molecule has 0 unspecified atom stereocenters. The summed E-state index contributed by atoms with van der Waals surface area (Å²) in [6.07, 6.45) is 1.66. The Morgan fingerprint density at radius 3 is 2.83 bits per heavy atom. The Balaban J connectivity index is 1.58. The van der Waals surface area contributed by atoms with Gasteiger partial charge in [0.05, 0.1) is 34.7 Å². The third kappa shape index (κ3) is 2.83. The van der Waals surface area contributed by atoms with Crippen LogP contribution in [0.2, 0.25) is 0 Å². The fourth-order valence-corrected chi connectivity index (χ4v) is 4.28. The van der Waals surface area contributed by atoms with Gasteiger partial charge >= 0.3 is 0 Å². The first-order chi connectivity index (χ1) is 14.5. The van der Waals surface area contributed by atoms with E-state index in [1.807, 2.05) is 24.3 Å². The molecule has 0 spiro atoms. The number of hydrogen-bond donors (Lipinski definition) is 0. The molecule has 8 nitrogen and oxygen atoms in total. The van der Waals surface area contributed by atoms with Crippen LogP contribution in [0.5, 0.6) is 5.75 Å². The standard InChI is InChI=1S/C21H13N3O5S/c1-28-18-10-12(24(26)27)6-8-14(18)17-9-7-13(29-17)11-19-20(25)23-16-5-3-2-4-15(16)22-21(23)30-19/h2-11H,1H3. The van der Waals surface area contributed by atoms with E-state index in [4.69, 9.17) is 9.15 Å². The number of ether oxygens (including phenoxy) is 1. The van der Waals surface area contributed by atoms with Crippen LogP contribution < -0.4 is 14.8 Å². The number of nitro groups is 1. The van der Waals surface area contributed by atoms with Gasteiger partial charge in [0.15, 0.2) is 4.96 Å². The van der Waals surface area contributed by atoms with Crippen molar-refractivity contribution >= 4 is 39.1 Å². The topological polar surface area (TPSA) is 99.9 Å². The Hall–Kier alpha value is -3.98. The van der Waals surface area contributed by atoms with Crippen LogP contribution in [0.3, 0.4) is 0 Å². The molecule has 5 rings (SSSR count). The number of nitrogens with zero attached hydrogens (tertiary/aromatic N) is 3. The van der Waals surface area contributed by atoms with Crippen molar-refractivity contribution in [2.45, 2.75) is 0 Å². The molecule has 2 aromatic carbocycles. The third-order valence-corrected chi connectivity index (χ3v) is 5.68. The average molecular weight is 419 g/mol. The average Bonchev–Trinajstić information content (AvgIpc) is 3.43. The lowest BCUT2D eigenvalue weighted by atomic mass is 10.1. The molecule has 0 aliphatic carbocycles. The maximum atomic E-state index is 12.9. The molecule has 3 heterocycles.